The minimum Gasteiger partial charge on any atom is -0.452 e. The third-order valence-corrected chi connectivity index (χ3v) is 6.26. The summed E-state index contributed by atoms with van der Waals surface area (Å²) in [6.07, 6.45) is -1.01. The highest BCUT2D eigenvalue weighted by Crippen LogP contribution is 2.35. The zero-order chi connectivity index (χ0) is 19.7. The number of amides is 3. The molecule has 1 fully saturated rings. The summed E-state index contributed by atoms with van der Waals surface area (Å²) >= 11 is 2.86. The maximum Gasteiger partial charge on any atom is 0.324 e. The first-order valence-electron chi connectivity index (χ1n) is 8.43. The Balaban J connectivity index is 1.65. The molecule has 3 heterocycles. The Bertz CT molecular complexity index is 927. The van der Waals surface area contributed by atoms with Gasteiger partial charge < -0.3 is 10.1 Å². The standard InChI is InChI=1S/C17H20N4O4S2/c1-8-10(3)27-15-13(8)14(19-11(4)20-15)26-7-12(22)25-9(2)16(23)21-6-5-18-17(21)24/h9H,5-7H2,1-4H3,(H,18,24)/t9-/m1/s1. The summed E-state index contributed by atoms with van der Waals surface area (Å²) in [6.45, 7) is 8.01. The number of carbonyl (C=O) groups is 3. The number of fused-ring (bicyclic) bond motifs is 1. The molecule has 0 radical (unpaired) electrons. The summed E-state index contributed by atoms with van der Waals surface area (Å²) in [5.74, 6) is -0.394. The van der Waals surface area contributed by atoms with Crippen LogP contribution in [0.3, 0.4) is 0 Å². The highest BCUT2D eigenvalue weighted by atomic mass is 32.2. The number of hydrogen-bond acceptors (Lipinski definition) is 8. The first-order chi connectivity index (χ1) is 12.8. The summed E-state index contributed by atoms with van der Waals surface area (Å²) in [6, 6.07) is -0.459. The summed E-state index contributed by atoms with van der Waals surface area (Å²) in [5, 5.41) is 4.23. The normalized spacial score (nSPS) is 15.1. The van der Waals surface area contributed by atoms with E-state index in [2.05, 4.69) is 15.3 Å². The van der Waals surface area contributed by atoms with Crippen LogP contribution in [0.25, 0.3) is 10.2 Å². The fourth-order valence-corrected chi connectivity index (χ4v) is 4.78. The maximum atomic E-state index is 12.2. The lowest BCUT2D eigenvalue weighted by Gasteiger charge is -2.18. The van der Waals surface area contributed by atoms with Gasteiger partial charge >= 0.3 is 12.0 Å². The average Bonchev–Trinajstić information content (AvgIpc) is 3.15. The van der Waals surface area contributed by atoms with Crippen molar-refractivity contribution in [3.05, 3.63) is 16.3 Å². The van der Waals surface area contributed by atoms with Crippen molar-refractivity contribution in [2.24, 2.45) is 0 Å². The van der Waals surface area contributed by atoms with Crippen LogP contribution in [-0.4, -0.2) is 57.7 Å². The summed E-state index contributed by atoms with van der Waals surface area (Å²) in [7, 11) is 0. The number of aromatic nitrogens is 2. The van der Waals surface area contributed by atoms with Gasteiger partial charge in [0.05, 0.1) is 5.75 Å². The van der Waals surface area contributed by atoms with E-state index in [1.165, 1.54) is 18.7 Å². The van der Waals surface area contributed by atoms with E-state index in [4.69, 9.17) is 4.74 Å². The van der Waals surface area contributed by atoms with Crippen LogP contribution in [0.15, 0.2) is 5.03 Å². The van der Waals surface area contributed by atoms with Crippen LogP contribution in [-0.2, 0) is 14.3 Å². The Labute approximate surface area is 164 Å². The minimum absolute atomic E-state index is 0.0176. The van der Waals surface area contributed by atoms with Gasteiger partial charge in [0.1, 0.15) is 15.7 Å². The third kappa shape index (κ3) is 4.06. The molecule has 0 bridgehead atoms. The van der Waals surface area contributed by atoms with Crippen LogP contribution in [0.2, 0.25) is 0 Å². The molecule has 0 unspecified atom stereocenters. The van der Waals surface area contributed by atoms with Gasteiger partial charge in [0.2, 0.25) is 0 Å². The Kier molecular flexibility index (Phi) is 5.66. The van der Waals surface area contributed by atoms with E-state index in [-0.39, 0.29) is 12.3 Å². The highest BCUT2D eigenvalue weighted by molar-refractivity contribution is 8.00. The summed E-state index contributed by atoms with van der Waals surface area (Å²) < 4.78 is 5.20. The smallest absolute Gasteiger partial charge is 0.324 e. The van der Waals surface area contributed by atoms with E-state index in [1.807, 2.05) is 20.8 Å². The van der Waals surface area contributed by atoms with Crippen molar-refractivity contribution in [3.8, 4) is 0 Å². The van der Waals surface area contributed by atoms with Crippen molar-refractivity contribution in [3.63, 3.8) is 0 Å². The minimum atomic E-state index is -1.01. The molecule has 0 spiro atoms. The second-order valence-corrected chi connectivity index (χ2v) is 8.35. The molecule has 8 nitrogen and oxygen atoms in total. The van der Waals surface area contributed by atoms with Gasteiger partial charge in [-0.15, -0.1) is 11.3 Å². The monoisotopic (exact) mass is 408 g/mol. The number of hydrogen-bond donors (Lipinski definition) is 1. The van der Waals surface area contributed by atoms with Crippen LogP contribution in [0.4, 0.5) is 4.79 Å². The lowest BCUT2D eigenvalue weighted by atomic mass is 10.2. The number of nitrogens with zero attached hydrogens (tertiary/aromatic N) is 3. The molecule has 0 saturated carbocycles. The number of esters is 1. The van der Waals surface area contributed by atoms with Crippen molar-refractivity contribution in [1.29, 1.82) is 0 Å². The molecule has 1 aliphatic rings. The molecule has 1 saturated heterocycles. The van der Waals surface area contributed by atoms with Gasteiger partial charge in [0.25, 0.3) is 5.91 Å². The molecule has 0 aliphatic carbocycles. The van der Waals surface area contributed by atoms with Crippen molar-refractivity contribution < 1.29 is 19.1 Å². The zero-order valence-corrected chi connectivity index (χ0v) is 17.1. The molecule has 144 valence electrons. The van der Waals surface area contributed by atoms with Gasteiger partial charge in [-0.1, -0.05) is 11.8 Å². The number of nitrogens with one attached hydrogen (secondary N) is 1. The van der Waals surface area contributed by atoms with E-state index in [9.17, 15) is 14.4 Å². The molecule has 3 amide bonds. The van der Waals surface area contributed by atoms with Crippen LogP contribution in [0, 0.1) is 20.8 Å². The lowest BCUT2D eigenvalue weighted by Crippen LogP contribution is -2.42. The molecule has 10 heteroatoms. The van der Waals surface area contributed by atoms with Gasteiger partial charge in [-0.25, -0.2) is 14.8 Å². The van der Waals surface area contributed by atoms with Crippen molar-refractivity contribution in [2.45, 2.75) is 38.8 Å². The first-order valence-corrected chi connectivity index (χ1v) is 10.2. The number of thioether (sulfide) groups is 1. The molecular formula is C17H20N4O4S2. The summed E-state index contributed by atoms with van der Waals surface area (Å²) in [4.78, 5) is 48.0. The fourth-order valence-electron chi connectivity index (χ4n) is 2.73. The maximum absolute atomic E-state index is 12.2. The Morgan fingerprint density at radius 1 is 1.33 bits per heavy atom. The number of rotatable bonds is 5. The number of thiophene rings is 1. The number of urea groups is 1. The van der Waals surface area contributed by atoms with Gasteiger partial charge in [0, 0.05) is 23.4 Å². The first kappa shape index (κ1) is 19.6. The fraction of sp³-hybridized carbons (Fsp3) is 0.471. The van der Waals surface area contributed by atoms with E-state index < -0.39 is 24.0 Å². The number of ether oxygens (including phenoxy) is 1. The Morgan fingerprint density at radius 2 is 2.07 bits per heavy atom. The van der Waals surface area contributed by atoms with E-state index >= 15 is 0 Å². The largest absolute Gasteiger partial charge is 0.452 e. The number of aryl methyl sites for hydroxylation is 3. The molecular weight excluding hydrogens is 388 g/mol. The lowest BCUT2D eigenvalue weighted by molar-refractivity contribution is -0.155. The van der Waals surface area contributed by atoms with E-state index in [1.54, 1.807) is 11.3 Å². The average molecular weight is 409 g/mol. The number of imide groups is 1. The molecule has 3 rings (SSSR count). The predicted molar refractivity (Wildman–Crippen MR) is 103 cm³/mol. The SMILES string of the molecule is Cc1nc(SCC(=O)O[C@H](C)C(=O)N2CCNC2=O)c2c(C)c(C)sc2n1. The van der Waals surface area contributed by atoms with E-state index in [0.717, 1.165) is 30.6 Å². The van der Waals surface area contributed by atoms with Crippen molar-refractivity contribution in [2.75, 3.05) is 18.8 Å². The van der Waals surface area contributed by atoms with Crippen LogP contribution in [0.1, 0.15) is 23.2 Å². The molecule has 2 aromatic heterocycles. The topological polar surface area (TPSA) is 101 Å². The Hall–Kier alpha value is -2.20. The van der Waals surface area contributed by atoms with Crippen LogP contribution >= 0.6 is 23.1 Å². The van der Waals surface area contributed by atoms with Gasteiger partial charge in [-0.2, -0.15) is 0 Å². The second kappa shape index (κ2) is 7.81. The Morgan fingerprint density at radius 3 is 2.74 bits per heavy atom. The molecule has 27 heavy (non-hydrogen) atoms. The molecule has 0 aromatic carbocycles. The molecule has 1 N–H and O–H groups in total. The van der Waals surface area contributed by atoms with Crippen LogP contribution < -0.4 is 5.32 Å². The van der Waals surface area contributed by atoms with Crippen LogP contribution in [0.5, 0.6) is 0 Å². The van der Waals surface area contributed by atoms with E-state index in [0.29, 0.717) is 12.4 Å². The second-order valence-electron chi connectivity index (χ2n) is 6.18. The third-order valence-electron chi connectivity index (χ3n) is 4.21. The van der Waals surface area contributed by atoms with Gasteiger partial charge in [0.15, 0.2) is 6.10 Å². The molecule has 2 aromatic rings. The number of carbonyl (C=O) groups excluding carboxylic acids is 3. The van der Waals surface area contributed by atoms with Crippen molar-refractivity contribution >= 4 is 51.2 Å². The summed E-state index contributed by atoms with van der Waals surface area (Å²) in [5.41, 5.74) is 1.11. The predicted octanol–water partition coefficient (Wildman–Crippen LogP) is 2.19. The quantitative estimate of drug-likeness (QED) is 0.460. The highest BCUT2D eigenvalue weighted by Gasteiger charge is 2.31. The molecule has 1 atom stereocenters. The van der Waals surface area contributed by atoms with Gasteiger partial charge in [-0.05, 0) is 33.3 Å². The molecule has 1 aliphatic heterocycles. The van der Waals surface area contributed by atoms with Crippen molar-refractivity contribution in [1.82, 2.24) is 20.2 Å². The van der Waals surface area contributed by atoms with Gasteiger partial charge in [-0.3, -0.25) is 14.5 Å². The zero-order valence-electron chi connectivity index (χ0n) is 15.5.